The summed E-state index contributed by atoms with van der Waals surface area (Å²) < 4.78 is 48.9. The molecule has 0 saturated carbocycles. The van der Waals surface area contributed by atoms with E-state index in [2.05, 4.69) is 132 Å². The maximum atomic E-state index is 14.9. The van der Waals surface area contributed by atoms with Crippen molar-refractivity contribution in [2.75, 3.05) is 0 Å². The summed E-state index contributed by atoms with van der Waals surface area (Å²) in [5.41, 5.74) is 12.6. The topological polar surface area (TPSA) is 57.4 Å². The lowest BCUT2D eigenvalue weighted by atomic mass is 9.91. The molecule has 11 aromatic rings. The summed E-state index contributed by atoms with van der Waals surface area (Å²) in [6.07, 6.45) is -4.74. The van der Waals surface area contributed by atoms with Crippen LogP contribution in [-0.4, -0.2) is 9.13 Å². The van der Waals surface area contributed by atoms with Crippen LogP contribution in [-0.2, 0) is 6.18 Å². The van der Waals surface area contributed by atoms with Crippen LogP contribution >= 0.6 is 0 Å². The predicted octanol–water partition coefficient (Wildman–Crippen LogP) is 15.9. The molecule has 0 bridgehead atoms. The summed E-state index contributed by atoms with van der Waals surface area (Å²) in [5.74, 6) is 0. The monoisotopic (exact) mass is 858 g/mol. The van der Waals surface area contributed by atoms with Gasteiger partial charge in [-0.15, -0.1) is 0 Å². The third-order valence-corrected chi connectivity index (χ3v) is 12.8. The molecule has 11 rings (SSSR count). The van der Waals surface area contributed by atoms with Crippen LogP contribution < -0.4 is 0 Å². The lowest BCUT2D eigenvalue weighted by molar-refractivity contribution is -0.137. The number of fused-ring (bicyclic) bond motifs is 6. The Morgan fingerprint density at radius 3 is 1.52 bits per heavy atom. The van der Waals surface area contributed by atoms with Gasteiger partial charge >= 0.3 is 6.18 Å². The van der Waals surface area contributed by atoms with Crippen molar-refractivity contribution in [2.45, 2.75) is 20.0 Å². The molecule has 0 spiro atoms. The first kappa shape index (κ1) is 40.1. The second-order valence-corrected chi connectivity index (χ2v) is 16.8. The standard InChI is InChI=1S/C59H37F3N4/c1-36-11-16-39(17-12-36)41-21-26-56-50(30-41)47-7-3-5-9-54(47)65(56)45-24-20-44(35-64)49(33-45)52-32-43(46-25-15-38(34-63)29-53(46)59(60,61)62)23-28-58(52)66-55-10-6-4-8-48(55)51-31-42(22-27-57(51)66)40-18-13-37(2)14-19-40/h3-33H,1-2H3. The number of aromatic nitrogens is 2. The van der Waals surface area contributed by atoms with E-state index in [1.165, 1.54) is 23.3 Å². The number of nitriles is 2. The molecule has 0 N–H and O–H groups in total. The predicted molar refractivity (Wildman–Crippen MR) is 261 cm³/mol. The van der Waals surface area contributed by atoms with Crippen LogP contribution in [0, 0.1) is 36.5 Å². The number of aryl methyl sites for hydroxylation is 2. The van der Waals surface area contributed by atoms with E-state index in [9.17, 15) is 23.7 Å². The Labute approximate surface area is 378 Å². The summed E-state index contributed by atoms with van der Waals surface area (Å²) in [7, 11) is 0. The molecule has 0 aliphatic heterocycles. The van der Waals surface area contributed by atoms with E-state index in [1.54, 1.807) is 18.2 Å². The molecule has 0 saturated heterocycles. The average molecular weight is 859 g/mol. The van der Waals surface area contributed by atoms with Crippen molar-refractivity contribution >= 4 is 43.6 Å². The molecule has 314 valence electrons. The van der Waals surface area contributed by atoms with Crippen LogP contribution in [0.2, 0.25) is 0 Å². The molecule has 4 nitrogen and oxygen atoms in total. The smallest absolute Gasteiger partial charge is 0.309 e. The lowest BCUT2D eigenvalue weighted by Gasteiger charge is -2.19. The van der Waals surface area contributed by atoms with Crippen LogP contribution in [0.15, 0.2) is 188 Å². The van der Waals surface area contributed by atoms with Gasteiger partial charge in [0.1, 0.15) is 0 Å². The maximum Gasteiger partial charge on any atom is 0.417 e. The van der Waals surface area contributed by atoms with Gasteiger partial charge in [0.05, 0.1) is 56.6 Å². The first-order valence-corrected chi connectivity index (χ1v) is 21.6. The second-order valence-electron chi connectivity index (χ2n) is 16.8. The van der Waals surface area contributed by atoms with E-state index in [1.807, 2.05) is 54.6 Å². The zero-order chi connectivity index (χ0) is 45.3. The van der Waals surface area contributed by atoms with Gasteiger partial charge in [-0.25, -0.2) is 0 Å². The first-order chi connectivity index (χ1) is 32.1. The van der Waals surface area contributed by atoms with Gasteiger partial charge in [-0.05, 0) is 126 Å². The Balaban J connectivity index is 1.18. The molecule has 0 fully saturated rings. The highest BCUT2D eigenvalue weighted by molar-refractivity contribution is 6.12. The molecule has 0 aliphatic rings. The van der Waals surface area contributed by atoms with Crippen molar-refractivity contribution in [1.29, 1.82) is 10.5 Å². The van der Waals surface area contributed by atoms with Crippen molar-refractivity contribution in [3.63, 3.8) is 0 Å². The minimum atomic E-state index is -4.74. The van der Waals surface area contributed by atoms with Crippen molar-refractivity contribution in [3.8, 4) is 68.0 Å². The minimum Gasteiger partial charge on any atom is -0.309 e. The zero-order valence-electron chi connectivity index (χ0n) is 35.8. The summed E-state index contributed by atoms with van der Waals surface area (Å²) in [4.78, 5) is 0. The number of halogens is 3. The van der Waals surface area contributed by atoms with Crippen LogP contribution in [0.1, 0.15) is 27.8 Å². The fourth-order valence-electron chi connectivity index (χ4n) is 9.54. The van der Waals surface area contributed by atoms with E-state index >= 15 is 0 Å². The lowest BCUT2D eigenvalue weighted by Crippen LogP contribution is -2.08. The summed E-state index contributed by atoms with van der Waals surface area (Å²) in [6, 6.07) is 65.0. The molecule has 2 heterocycles. The first-order valence-electron chi connectivity index (χ1n) is 21.6. The van der Waals surface area contributed by atoms with Crippen molar-refractivity contribution in [1.82, 2.24) is 9.13 Å². The molecule has 2 aromatic heterocycles. The zero-order valence-corrected chi connectivity index (χ0v) is 35.8. The van der Waals surface area contributed by atoms with Gasteiger partial charge in [-0.3, -0.25) is 0 Å². The van der Waals surface area contributed by atoms with Crippen LogP contribution in [0.4, 0.5) is 13.2 Å². The van der Waals surface area contributed by atoms with E-state index in [0.717, 1.165) is 77.6 Å². The average Bonchev–Trinajstić information content (AvgIpc) is 3.85. The molecule has 0 amide bonds. The van der Waals surface area contributed by atoms with Crippen LogP contribution in [0.25, 0.3) is 99.5 Å². The van der Waals surface area contributed by atoms with Crippen LogP contribution in [0.3, 0.4) is 0 Å². The largest absolute Gasteiger partial charge is 0.417 e. The molecule has 9 aromatic carbocycles. The summed E-state index contributed by atoms with van der Waals surface area (Å²) in [5, 5.41) is 24.6. The van der Waals surface area contributed by atoms with Gasteiger partial charge in [0, 0.05) is 38.4 Å². The highest BCUT2D eigenvalue weighted by Crippen LogP contribution is 2.44. The molecule has 0 atom stereocenters. The number of rotatable bonds is 6. The quantitative estimate of drug-likeness (QED) is 0.167. The summed E-state index contributed by atoms with van der Waals surface area (Å²) in [6.45, 7) is 4.14. The van der Waals surface area contributed by atoms with Crippen LogP contribution in [0.5, 0.6) is 0 Å². The van der Waals surface area contributed by atoms with Gasteiger partial charge in [-0.2, -0.15) is 23.7 Å². The SMILES string of the molecule is Cc1ccc(-c2ccc3c(c2)c2ccccc2n3-c2ccc(C#N)c(-c3cc(-c4ccc(C#N)cc4C(F)(F)F)ccc3-n3c4ccccc4c4cc(-c5ccc(C)cc5)ccc43)c2)cc1. The van der Waals surface area contributed by atoms with E-state index in [0.29, 0.717) is 27.9 Å². The minimum absolute atomic E-state index is 0.0688. The van der Waals surface area contributed by atoms with E-state index in [4.69, 9.17) is 0 Å². The van der Waals surface area contributed by atoms with Crippen molar-refractivity contribution in [2.24, 2.45) is 0 Å². The molecule has 7 heteroatoms. The molecular formula is C59H37F3N4. The Bertz CT molecular complexity index is 3840. The Morgan fingerprint density at radius 2 is 0.939 bits per heavy atom. The molecule has 66 heavy (non-hydrogen) atoms. The van der Waals surface area contributed by atoms with Gasteiger partial charge in [-0.1, -0.05) is 120 Å². The van der Waals surface area contributed by atoms with E-state index in [-0.39, 0.29) is 11.1 Å². The highest BCUT2D eigenvalue weighted by Gasteiger charge is 2.34. The number of benzene rings is 9. The Hall–Kier alpha value is -8.65. The van der Waals surface area contributed by atoms with Gasteiger partial charge < -0.3 is 9.13 Å². The number of nitrogens with zero attached hydrogens (tertiary/aromatic N) is 4. The third kappa shape index (κ3) is 6.69. The van der Waals surface area contributed by atoms with Gasteiger partial charge in [0.25, 0.3) is 0 Å². The van der Waals surface area contributed by atoms with Gasteiger partial charge in [0.2, 0.25) is 0 Å². The van der Waals surface area contributed by atoms with Crippen molar-refractivity contribution in [3.05, 3.63) is 216 Å². The molecule has 0 aliphatic carbocycles. The molecular weight excluding hydrogens is 822 g/mol. The van der Waals surface area contributed by atoms with Crippen molar-refractivity contribution < 1.29 is 13.2 Å². The third-order valence-electron chi connectivity index (χ3n) is 12.8. The van der Waals surface area contributed by atoms with E-state index < -0.39 is 11.7 Å². The highest BCUT2D eigenvalue weighted by atomic mass is 19.4. The normalized spacial score (nSPS) is 11.7. The maximum absolute atomic E-state index is 14.9. The number of para-hydroxylation sites is 2. The number of hydrogen-bond donors (Lipinski definition) is 0. The molecule has 0 unspecified atom stereocenters. The molecule has 0 radical (unpaired) electrons. The fourth-order valence-corrected chi connectivity index (χ4v) is 9.54. The summed E-state index contributed by atoms with van der Waals surface area (Å²) >= 11 is 0. The second kappa shape index (κ2) is 15.6. The van der Waals surface area contributed by atoms with Gasteiger partial charge in [0.15, 0.2) is 0 Å². The number of hydrogen-bond acceptors (Lipinski definition) is 2. The Morgan fingerprint density at radius 1 is 0.409 bits per heavy atom. The Kier molecular flexibility index (Phi) is 9.46. The fraction of sp³-hybridized carbons (Fsp3) is 0.0508. The number of alkyl halides is 3.